The minimum atomic E-state index is -1.08. The Morgan fingerprint density at radius 1 is 1.25 bits per heavy atom. The van der Waals surface area contributed by atoms with Crippen LogP contribution in [0, 0.1) is 5.82 Å². The van der Waals surface area contributed by atoms with Gasteiger partial charge in [0.15, 0.2) is 0 Å². The number of aromatic nitrogens is 1. The smallest absolute Gasteiger partial charge is 0.138 e. The van der Waals surface area contributed by atoms with E-state index in [1.807, 2.05) is 13.8 Å². The van der Waals surface area contributed by atoms with Gasteiger partial charge in [-0.2, -0.15) is 0 Å². The van der Waals surface area contributed by atoms with Crippen molar-refractivity contribution in [2.75, 3.05) is 0 Å². The van der Waals surface area contributed by atoms with Gasteiger partial charge in [0.05, 0.1) is 12.3 Å². The predicted molar refractivity (Wildman–Crippen MR) is 78.2 cm³/mol. The van der Waals surface area contributed by atoms with Crippen molar-refractivity contribution >= 4 is 15.9 Å². The molecule has 1 atom stereocenters. The first-order valence-corrected chi connectivity index (χ1v) is 7.01. The van der Waals surface area contributed by atoms with Crippen LogP contribution < -0.4 is 4.74 Å². The second-order valence-electron chi connectivity index (χ2n) is 4.69. The molecule has 3 nitrogen and oxygen atoms in total. The van der Waals surface area contributed by atoms with E-state index in [-0.39, 0.29) is 11.7 Å². The number of benzene rings is 1. The van der Waals surface area contributed by atoms with Crippen molar-refractivity contribution in [3.8, 4) is 5.75 Å². The van der Waals surface area contributed by atoms with Crippen molar-refractivity contribution in [2.24, 2.45) is 0 Å². The molecule has 0 amide bonds. The first-order chi connectivity index (χ1) is 9.47. The summed E-state index contributed by atoms with van der Waals surface area (Å²) in [6, 6.07) is 6.21. The summed E-state index contributed by atoms with van der Waals surface area (Å²) in [7, 11) is 0. The van der Waals surface area contributed by atoms with Crippen LogP contribution in [-0.2, 0) is 0 Å². The Kier molecular flexibility index (Phi) is 4.73. The van der Waals surface area contributed by atoms with Gasteiger partial charge in [0.1, 0.15) is 17.7 Å². The van der Waals surface area contributed by atoms with Gasteiger partial charge in [-0.05, 0) is 32.0 Å². The van der Waals surface area contributed by atoms with Crippen molar-refractivity contribution < 1.29 is 14.2 Å². The Hall–Kier alpha value is -1.46. The van der Waals surface area contributed by atoms with E-state index in [0.29, 0.717) is 15.8 Å². The molecule has 0 bridgehead atoms. The molecule has 0 aliphatic heterocycles. The first kappa shape index (κ1) is 14.9. The molecule has 1 N–H and O–H groups in total. The fourth-order valence-corrected chi connectivity index (χ4v) is 2.16. The lowest BCUT2D eigenvalue weighted by molar-refractivity contribution is 0.211. The summed E-state index contributed by atoms with van der Waals surface area (Å²) in [6.45, 7) is 3.80. The zero-order chi connectivity index (χ0) is 14.7. The maximum atomic E-state index is 13.9. The molecule has 5 heteroatoms. The molecule has 0 saturated carbocycles. The SMILES string of the molecule is CC(C)Oc1cncc(C(O)c2ccc(Br)cc2F)c1. The number of halogens is 2. The Morgan fingerprint density at radius 2 is 2.00 bits per heavy atom. The van der Waals surface area contributed by atoms with E-state index in [1.165, 1.54) is 12.3 Å². The average molecular weight is 340 g/mol. The lowest BCUT2D eigenvalue weighted by Gasteiger charge is -2.15. The third kappa shape index (κ3) is 3.55. The van der Waals surface area contributed by atoms with Crippen LogP contribution in [0.4, 0.5) is 4.39 Å². The molecule has 0 saturated heterocycles. The molecule has 0 fully saturated rings. The molecule has 1 aromatic carbocycles. The number of rotatable bonds is 4. The maximum Gasteiger partial charge on any atom is 0.138 e. The number of ether oxygens (including phenoxy) is 1. The molecule has 106 valence electrons. The topological polar surface area (TPSA) is 42.4 Å². The van der Waals surface area contributed by atoms with Gasteiger partial charge in [-0.15, -0.1) is 0 Å². The number of aliphatic hydroxyl groups is 1. The minimum Gasteiger partial charge on any atom is -0.489 e. The largest absolute Gasteiger partial charge is 0.489 e. The molecule has 0 spiro atoms. The zero-order valence-corrected chi connectivity index (χ0v) is 12.8. The van der Waals surface area contributed by atoms with Gasteiger partial charge < -0.3 is 9.84 Å². The molecule has 0 radical (unpaired) electrons. The summed E-state index contributed by atoms with van der Waals surface area (Å²) in [4.78, 5) is 4.01. The second kappa shape index (κ2) is 6.33. The van der Waals surface area contributed by atoms with E-state index in [4.69, 9.17) is 4.74 Å². The highest BCUT2D eigenvalue weighted by atomic mass is 79.9. The lowest BCUT2D eigenvalue weighted by Crippen LogP contribution is -2.08. The zero-order valence-electron chi connectivity index (χ0n) is 11.2. The fourth-order valence-electron chi connectivity index (χ4n) is 1.82. The number of aliphatic hydroxyl groups excluding tert-OH is 1. The molecule has 1 aromatic heterocycles. The Balaban J connectivity index is 2.30. The van der Waals surface area contributed by atoms with Crippen LogP contribution in [0.3, 0.4) is 0 Å². The molecule has 0 aliphatic rings. The molecule has 1 heterocycles. The Labute approximate surface area is 125 Å². The van der Waals surface area contributed by atoms with Gasteiger partial charge in [0.2, 0.25) is 0 Å². The van der Waals surface area contributed by atoms with Gasteiger partial charge >= 0.3 is 0 Å². The van der Waals surface area contributed by atoms with E-state index >= 15 is 0 Å². The van der Waals surface area contributed by atoms with Crippen molar-refractivity contribution in [3.05, 3.63) is 58.1 Å². The van der Waals surface area contributed by atoms with Gasteiger partial charge in [0.25, 0.3) is 0 Å². The molecule has 1 unspecified atom stereocenters. The van der Waals surface area contributed by atoms with Crippen molar-refractivity contribution in [1.29, 1.82) is 0 Å². The molecule has 0 aliphatic carbocycles. The van der Waals surface area contributed by atoms with Gasteiger partial charge in [0, 0.05) is 21.8 Å². The number of pyridine rings is 1. The van der Waals surface area contributed by atoms with Crippen LogP contribution in [0.25, 0.3) is 0 Å². The van der Waals surface area contributed by atoms with E-state index < -0.39 is 11.9 Å². The maximum absolute atomic E-state index is 13.9. The molecule has 20 heavy (non-hydrogen) atoms. The number of hydrogen-bond acceptors (Lipinski definition) is 3. The summed E-state index contributed by atoms with van der Waals surface area (Å²) in [5, 5.41) is 10.3. The van der Waals surface area contributed by atoms with Crippen LogP contribution in [-0.4, -0.2) is 16.2 Å². The molecule has 2 aromatic rings. The Bertz CT molecular complexity index is 604. The number of nitrogens with zero attached hydrogens (tertiary/aromatic N) is 1. The van der Waals surface area contributed by atoms with E-state index in [1.54, 1.807) is 24.4 Å². The normalized spacial score (nSPS) is 12.5. The summed E-state index contributed by atoms with van der Waals surface area (Å²) in [5.74, 6) is 0.0797. The molecule has 2 rings (SSSR count). The molecular formula is C15H15BrFNO2. The monoisotopic (exact) mass is 339 g/mol. The van der Waals surface area contributed by atoms with Crippen LogP contribution in [0.15, 0.2) is 41.1 Å². The van der Waals surface area contributed by atoms with Crippen molar-refractivity contribution in [2.45, 2.75) is 26.1 Å². The van der Waals surface area contributed by atoms with Gasteiger partial charge in [-0.25, -0.2) is 4.39 Å². The minimum absolute atomic E-state index is 0.00797. The predicted octanol–water partition coefficient (Wildman–Crippen LogP) is 3.85. The molecular weight excluding hydrogens is 325 g/mol. The van der Waals surface area contributed by atoms with Crippen LogP contribution in [0.5, 0.6) is 5.75 Å². The number of hydrogen-bond donors (Lipinski definition) is 1. The Morgan fingerprint density at radius 3 is 2.65 bits per heavy atom. The van der Waals surface area contributed by atoms with Gasteiger partial charge in [-0.3, -0.25) is 4.98 Å². The summed E-state index contributed by atoms with van der Waals surface area (Å²) < 4.78 is 20.0. The van der Waals surface area contributed by atoms with Crippen LogP contribution in [0.2, 0.25) is 0 Å². The first-order valence-electron chi connectivity index (χ1n) is 6.22. The summed E-state index contributed by atoms with van der Waals surface area (Å²) in [6.07, 6.45) is 1.99. The van der Waals surface area contributed by atoms with Crippen molar-refractivity contribution in [1.82, 2.24) is 4.98 Å². The van der Waals surface area contributed by atoms with Crippen molar-refractivity contribution in [3.63, 3.8) is 0 Å². The standard InChI is InChI=1S/C15H15BrFNO2/c1-9(2)20-12-5-10(7-18-8-12)15(19)13-4-3-11(16)6-14(13)17/h3-9,15,19H,1-2H3. The highest BCUT2D eigenvalue weighted by Gasteiger charge is 2.16. The third-order valence-electron chi connectivity index (χ3n) is 2.68. The van der Waals surface area contributed by atoms with Crippen LogP contribution >= 0.6 is 15.9 Å². The fraction of sp³-hybridized carbons (Fsp3) is 0.267. The quantitative estimate of drug-likeness (QED) is 0.919. The average Bonchev–Trinajstić information content (AvgIpc) is 2.37. The second-order valence-corrected chi connectivity index (χ2v) is 5.60. The van der Waals surface area contributed by atoms with E-state index in [9.17, 15) is 9.50 Å². The summed E-state index contributed by atoms with van der Waals surface area (Å²) >= 11 is 3.19. The van der Waals surface area contributed by atoms with Gasteiger partial charge in [-0.1, -0.05) is 22.0 Å². The highest BCUT2D eigenvalue weighted by Crippen LogP contribution is 2.27. The lowest BCUT2D eigenvalue weighted by atomic mass is 10.0. The van der Waals surface area contributed by atoms with Crippen LogP contribution in [0.1, 0.15) is 31.1 Å². The summed E-state index contributed by atoms with van der Waals surface area (Å²) in [5.41, 5.74) is 0.695. The van der Waals surface area contributed by atoms with E-state index in [2.05, 4.69) is 20.9 Å². The third-order valence-corrected chi connectivity index (χ3v) is 3.17. The van der Waals surface area contributed by atoms with E-state index in [0.717, 1.165) is 0 Å². The highest BCUT2D eigenvalue weighted by molar-refractivity contribution is 9.10.